The van der Waals surface area contributed by atoms with Crippen molar-refractivity contribution in [2.45, 2.75) is 26.2 Å². The van der Waals surface area contributed by atoms with Gasteiger partial charge in [-0.3, -0.25) is 4.79 Å². The molecule has 0 saturated carbocycles. The van der Waals surface area contributed by atoms with Crippen LogP contribution in [0, 0.1) is 12.8 Å². The van der Waals surface area contributed by atoms with E-state index in [9.17, 15) is 4.79 Å². The van der Waals surface area contributed by atoms with Crippen LogP contribution in [0.2, 0.25) is 0 Å². The Kier molecular flexibility index (Phi) is 4.48. The SMILES string of the molecule is COc1ccc(NC(=O)C2CCc3nc4ccc(C)cn4c3C2)cc1OC. The first-order valence-corrected chi connectivity index (χ1v) is 9.08. The third kappa shape index (κ3) is 3.23. The fourth-order valence-corrected chi connectivity index (χ4v) is 3.69. The van der Waals surface area contributed by atoms with Gasteiger partial charge in [-0.05, 0) is 43.5 Å². The standard InChI is InChI=1S/C21H23N3O3/c1-13-4-9-20-23-16-7-5-14(10-17(16)24(20)12-13)21(25)22-15-6-8-18(26-2)19(11-15)27-3/h4,6,8-9,11-12,14H,5,7,10H2,1-3H3,(H,22,25). The number of imidazole rings is 1. The van der Waals surface area contributed by atoms with E-state index in [1.54, 1.807) is 26.4 Å². The summed E-state index contributed by atoms with van der Waals surface area (Å²) in [5.74, 6) is 1.18. The molecule has 2 aromatic heterocycles. The molecule has 1 N–H and O–H groups in total. The van der Waals surface area contributed by atoms with E-state index in [2.05, 4.69) is 28.9 Å². The van der Waals surface area contributed by atoms with E-state index in [0.29, 0.717) is 23.6 Å². The summed E-state index contributed by atoms with van der Waals surface area (Å²) in [5.41, 5.74) is 5.09. The molecule has 1 amide bonds. The third-order valence-electron chi connectivity index (χ3n) is 5.14. The molecule has 0 radical (unpaired) electrons. The van der Waals surface area contributed by atoms with Gasteiger partial charge in [0.1, 0.15) is 5.65 Å². The number of carbonyl (C=O) groups excluding carboxylic acids is 1. The predicted molar refractivity (Wildman–Crippen MR) is 104 cm³/mol. The predicted octanol–water partition coefficient (Wildman–Crippen LogP) is 3.40. The summed E-state index contributed by atoms with van der Waals surface area (Å²) in [4.78, 5) is 17.6. The Hall–Kier alpha value is -3.02. The molecule has 0 bridgehead atoms. The maximum Gasteiger partial charge on any atom is 0.227 e. The van der Waals surface area contributed by atoms with Crippen molar-refractivity contribution in [3.05, 3.63) is 53.5 Å². The number of aryl methyl sites for hydroxylation is 2. The van der Waals surface area contributed by atoms with Gasteiger partial charge in [0.15, 0.2) is 11.5 Å². The largest absolute Gasteiger partial charge is 0.493 e. The fraction of sp³-hybridized carbons (Fsp3) is 0.333. The molecule has 1 aliphatic rings. The summed E-state index contributed by atoms with van der Waals surface area (Å²) in [6, 6.07) is 9.50. The maximum atomic E-state index is 12.8. The highest BCUT2D eigenvalue weighted by molar-refractivity contribution is 5.93. The Morgan fingerprint density at radius 1 is 1.19 bits per heavy atom. The molecule has 0 aliphatic heterocycles. The Labute approximate surface area is 158 Å². The van der Waals surface area contributed by atoms with Gasteiger partial charge in [0.05, 0.1) is 19.9 Å². The first-order chi connectivity index (χ1) is 13.1. The number of hydrogen-bond acceptors (Lipinski definition) is 4. The van der Waals surface area contributed by atoms with Gasteiger partial charge < -0.3 is 19.2 Å². The molecule has 6 heteroatoms. The number of nitrogens with one attached hydrogen (secondary N) is 1. The lowest BCUT2D eigenvalue weighted by molar-refractivity contribution is -0.120. The van der Waals surface area contributed by atoms with Crippen LogP contribution in [-0.2, 0) is 17.6 Å². The van der Waals surface area contributed by atoms with Crippen LogP contribution in [-0.4, -0.2) is 29.5 Å². The molecule has 1 aliphatic carbocycles. The van der Waals surface area contributed by atoms with Crippen molar-refractivity contribution in [1.29, 1.82) is 0 Å². The molecule has 140 valence electrons. The van der Waals surface area contributed by atoms with E-state index in [0.717, 1.165) is 29.9 Å². The summed E-state index contributed by atoms with van der Waals surface area (Å²) in [7, 11) is 3.17. The van der Waals surface area contributed by atoms with E-state index < -0.39 is 0 Å². The highest BCUT2D eigenvalue weighted by Gasteiger charge is 2.28. The minimum Gasteiger partial charge on any atom is -0.493 e. The number of rotatable bonds is 4. The van der Waals surface area contributed by atoms with Crippen molar-refractivity contribution in [3.8, 4) is 11.5 Å². The first kappa shape index (κ1) is 17.4. The van der Waals surface area contributed by atoms with Crippen LogP contribution in [0.1, 0.15) is 23.4 Å². The Morgan fingerprint density at radius 2 is 2.00 bits per heavy atom. The first-order valence-electron chi connectivity index (χ1n) is 9.08. The number of ether oxygens (including phenoxy) is 2. The number of fused-ring (bicyclic) bond motifs is 3. The second kappa shape index (κ2) is 6.95. The monoisotopic (exact) mass is 365 g/mol. The number of hydrogen-bond donors (Lipinski definition) is 1. The van der Waals surface area contributed by atoms with Gasteiger partial charge in [-0.2, -0.15) is 0 Å². The van der Waals surface area contributed by atoms with Crippen molar-refractivity contribution in [3.63, 3.8) is 0 Å². The molecule has 0 fully saturated rings. The molecule has 1 atom stereocenters. The molecule has 1 unspecified atom stereocenters. The molecular weight excluding hydrogens is 342 g/mol. The van der Waals surface area contributed by atoms with Crippen LogP contribution in [0.5, 0.6) is 11.5 Å². The highest BCUT2D eigenvalue weighted by atomic mass is 16.5. The zero-order valence-corrected chi connectivity index (χ0v) is 15.8. The van der Waals surface area contributed by atoms with Crippen LogP contribution >= 0.6 is 0 Å². The van der Waals surface area contributed by atoms with Crippen molar-refractivity contribution in [2.75, 3.05) is 19.5 Å². The lowest BCUT2D eigenvalue weighted by atomic mass is 9.89. The number of pyridine rings is 1. The summed E-state index contributed by atoms with van der Waals surface area (Å²) in [5, 5.41) is 3.02. The summed E-state index contributed by atoms with van der Waals surface area (Å²) < 4.78 is 12.7. The third-order valence-corrected chi connectivity index (χ3v) is 5.14. The molecule has 6 nitrogen and oxygen atoms in total. The van der Waals surface area contributed by atoms with Gasteiger partial charge in [-0.25, -0.2) is 4.98 Å². The Balaban J connectivity index is 1.54. The topological polar surface area (TPSA) is 64.9 Å². The molecular formula is C21H23N3O3. The number of carbonyl (C=O) groups is 1. The fourth-order valence-electron chi connectivity index (χ4n) is 3.69. The quantitative estimate of drug-likeness (QED) is 0.770. The van der Waals surface area contributed by atoms with E-state index in [-0.39, 0.29) is 11.8 Å². The Morgan fingerprint density at radius 3 is 2.78 bits per heavy atom. The smallest absolute Gasteiger partial charge is 0.227 e. The molecule has 3 aromatic rings. The van der Waals surface area contributed by atoms with Crippen LogP contribution in [0.4, 0.5) is 5.69 Å². The second-order valence-electron chi connectivity index (χ2n) is 6.94. The van der Waals surface area contributed by atoms with Gasteiger partial charge in [-0.15, -0.1) is 0 Å². The molecule has 0 saturated heterocycles. The number of nitrogens with zero attached hydrogens (tertiary/aromatic N) is 2. The van der Waals surface area contributed by atoms with Gasteiger partial charge in [0, 0.05) is 36.0 Å². The van der Waals surface area contributed by atoms with Gasteiger partial charge in [0.25, 0.3) is 0 Å². The van der Waals surface area contributed by atoms with Gasteiger partial charge >= 0.3 is 0 Å². The van der Waals surface area contributed by atoms with Crippen LogP contribution in [0.25, 0.3) is 5.65 Å². The van der Waals surface area contributed by atoms with Gasteiger partial charge in [-0.1, -0.05) is 6.07 Å². The van der Waals surface area contributed by atoms with Crippen LogP contribution < -0.4 is 14.8 Å². The molecule has 2 heterocycles. The molecule has 1 aromatic carbocycles. The Bertz CT molecular complexity index is 1010. The lowest BCUT2D eigenvalue weighted by Crippen LogP contribution is -2.28. The second-order valence-corrected chi connectivity index (χ2v) is 6.94. The zero-order chi connectivity index (χ0) is 19.0. The lowest BCUT2D eigenvalue weighted by Gasteiger charge is -2.21. The average molecular weight is 365 g/mol. The zero-order valence-electron chi connectivity index (χ0n) is 15.8. The number of amides is 1. The highest BCUT2D eigenvalue weighted by Crippen LogP contribution is 2.31. The minimum absolute atomic E-state index is 0.0236. The molecule has 4 rings (SSSR count). The number of aromatic nitrogens is 2. The number of benzene rings is 1. The van der Waals surface area contributed by atoms with Crippen molar-refractivity contribution >= 4 is 17.2 Å². The van der Waals surface area contributed by atoms with E-state index in [4.69, 9.17) is 14.5 Å². The van der Waals surface area contributed by atoms with E-state index in [1.165, 1.54) is 5.56 Å². The number of methoxy groups -OCH3 is 2. The minimum atomic E-state index is -0.0778. The van der Waals surface area contributed by atoms with E-state index in [1.807, 2.05) is 12.1 Å². The molecule has 27 heavy (non-hydrogen) atoms. The van der Waals surface area contributed by atoms with E-state index >= 15 is 0 Å². The average Bonchev–Trinajstić information content (AvgIpc) is 3.04. The number of anilines is 1. The van der Waals surface area contributed by atoms with Gasteiger partial charge in [0.2, 0.25) is 5.91 Å². The summed E-state index contributed by atoms with van der Waals surface area (Å²) in [6.07, 6.45) is 4.41. The normalized spacial score (nSPS) is 16.0. The van der Waals surface area contributed by atoms with Crippen molar-refractivity contribution in [2.24, 2.45) is 5.92 Å². The van der Waals surface area contributed by atoms with Crippen molar-refractivity contribution < 1.29 is 14.3 Å². The van der Waals surface area contributed by atoms with Crippen molar-refractivity contribution in [1.82, 2.24) is 9.38 Å². The molecule has 0 spiro atoms. The summed E-state index contributed by atoms with van der Waals surface area (Å²) >= 11 is 0. The van der Waals surface area contributed by atoms with Crippen LogP contribution in [0.3, 0.4) is 0 Å². The summed E-state index contributed by atoms with van der Waals surface area (Å²) in [6.45, 7) is 2.07. The van der Waals surface area contributed by atoms with Crippen LogP contribution in [0.15, 0.2) is 36.5 Å². The maximum absolute atomic E-state index is 12.8.